The molecule has 2 aliphatic heterocycles. The van der Waals surface area contributed by atoms with Gasteiger partial charge in [0.05, 0.1) is 43.7 Å². The first-order valence-electron chi connectivity index (χ1n) is 18.9. The third-order valence-corrected chi connectivity index (χ3v) is 10.4. The number of rotatable bonds is 6. The van der Waals surface area contributed by atoms with E-state index in [4.69, 9.17) is 19.9 Å². The highest BCUT2D eigenvalue weighted by molar-refractivity contribution is 6.05. The minimum absolute atomic E-state index is 0. The van der Waals surface area contributed by atoms with Crippen LogP contribution in [0.5, 0.6) is 11.5 Å². The van der Waals surface area contributed by atoms with E-state index in [1.807, 2.05) is 18.2 Å². The van der Waals surface area contributed by atoms with Crippen molar-refractivity contribution in [1.82, 2.24) is 35.5 Å². The van der Waals surface area contributed by atoms with Gasteiger partial charge in [0.1, 0.15) is 11.5 Å². The fraction of sp³-hybridized carbons (Fsp3) is 0.244. The predicted molar refractivity (Wildman–Crippen MR) is 228 cm³/mol. The summed E-state index contributed by atoms with van der Waals surface area (Å²) in [4.78, 5) is 51.3. The van der Waals surface area contributed by atoms with Gasteiger partial charge in [-0.1, -0.05) is 35.8 Å². The highest BCUT2D eigenvalue weighted by Gasteiger charge is 2.43. The average molecular weight is 841 g/mol. The van der Waals surface area contributed by atoms with Gasteiger partial charge in [-0.15, -0.1) is 0 Å². The number of methoxy groups -OCH3 is 3. The van der Waals surface area contributed by atoms with Gasteiger partial charge in [-0.05, 0) is 72.8 Å². The molecule has 0 radical (unpaired) electrons. The summed E-state index contributed by atoms with van der Waals surface area (Å²) in [6.07, 6.45) is 0.533. The van der Waals surface area contributed by atoms with E-state index in [-0.39, 0.29) is 30.4 Å². The monoisotopic (exact) mass is 840 g/mol. The van der Waals surface area contributed by atoms with Gasteiger partial charge < -0.3 is 46.1 Å². The molecule has 3 amide bonds. The number of likely N-dealkylation sites (N-methyl/N-ethyl adjacent to an activating group) is 2. The molecule has 2 saturated heterocycles. The van der Waals surface area contributed by atoms with Crippen LogP contribution in [-0.2, 0) is 14.3 Å². The van der Waals surface area contributed by atoms with Crippen LogP contribution in [0.15, 0.2) is 84.9 Å². The number of benzene rings is 4. The minimum Gasteiger partial charge on any atom is -0.497 e. The SMILES string of the molecule is COC(=O)c1nn(-c2cccc(C#C[C@]3(O)CCN(C)C3=O)c2)c2ccc(OC)cc12.COc1ccc2c(c1)c(C(N)=O)nn2-c1cccc(C#C[C@]2(O)CCN(C)C2=O)c1.N. The summed E-state index contributed by atoms with van der Waals surface area (Å²) in [7, 11) is 7.66. The molecular formula is C45H44N8O9. The van der Waals surface area contributed by atoms with Gasteiger partial charge in [-0.3, -0.25) is 14.4 Å². The molecule has 2 fully saturated rings. The number of aliphatic hydroxyl groups is 2. The Balaban J connectivity index is 0.000000204. The molecule has 0 bridgehead atoms. The second kappa shape index (κ2) is 17.5. The largest absolute Gasteiger partial charge is 0.497 e. The molecule has 17 heteroatoms. The maximum Gasteiger partial charge on any atom is 0.359 e. The fourth-order valence-corrected chi connectivity index (χ4v) is 6.99. The maximum absolute atomic E-state index is 12.3. The van der Waals surface area contributed by atoms with Crippen LogP contribution in [0, 0.1) is 23.7 Å². The van der Waals surface area contributed by atoms with Crippen molar-refractivity contribution in [2.75, 3.05) is 48.5 Å². The molecule has 4 heterocycles. The van der Waals surface area contributed by atoms with Gasteiger partial charge in [-0.2, -0.15) is 10.2 Å². The van der Waals surface area contributed by atoms with E-state index < -0.39 is 34.9 Å². The Bertz CT molecular complexity index is 2880. The van der Waals surface area contributed by atoms with Crippen LogP contribution < -0.4 is 21.4 Å². The normalized spacial score (nSPS) is 17.9. The fourth-order valence-electron chi connectivity index (χ4n) is 6.99. The molecule has 4 aromatic carbocycles. The van der Waals surface area contributed by atoms with Crippen molar-refractivity contribution < 1.29 is 43.6 Å². The van der Waals surface area contributed by atoms with Crippen molar-refractivity contribution in [1.29, 1.82) is 0 Å². The smallest absolute Gasteiger partial charge is 0.359 e. The number of carbonyl (C=O) groups is 4. The van der Waals surface area contributed by atoms with E-state index in [1.165, 1.54) is 16.9 Å². The van der Waals surface area contributed by atoms with Crippen molar-refractivity contribution in [3.63, 3.8) is 0 Å². The van der Waals surface area contributed by atoms with Crippen LogP contribution in [0.1, 0.15) is 44.9 Å². The third-order valence-electron chi connectivity index (χ3n) is 10.4. The van der Waals surface area contributed by atoms with Gasteiger partial charge in [0, 0.05) is 61.9 Å². The first-order chi connectivity index (χ1) is 29.2. The summed E-state index contributed by atoms with van der Waals surface area (Å²) < 4.78 is 18.6. The van der Waals surface area contributed by atoms with Crippen molar-refractivity contribution in [3.8, 4) is 46.6 Å². The lowest BCUT2D eigenvalue weighted by molar-refractivity contribution is -0.138. The number of esters is 1. The quantitative estimate of drug-likeness (QED) is 0.140. The van der Waals surface area contributed by atoms with E-state index >= 15 is 0 Å². The second-order valence-corrected chi connectivity index (χ2v) is 14.4. The molecule has 2 atom stereocenters. The number of hydrogen-bond acceptors (Lipinski definition) is 12. The Hall–Kier alpha value is -7.70. The van der Waals surface area contributed by atoms with Crippen LogP contribution in [0.3, 0.4) is 0 Å². The topological polar surface area (TPSA) is 240 Å². The predicted octanol–water partition coefficient (Wildman–Crippen LogP) is 3.01. The van der Waals surface area contributed by atoms with Crippen LogP contribution in [0.2, 0.25) is 0 Å². The standard InChI is InChI=1S/C23H21N3O5.C22H20N4O4.H3N/c1-25-12-11-23(29,22(25)28)10-9-15-5-4-6-16(13-15)26-19-8-7-17(30-2)14-18(19)20(24-26)21(27)31-3;1-25-11-10-22(29,21(25)28)9-8-14-4-3-5-15(12-14)26-18-7-6-16(30-2)13-17(18)19(24-26)20(23)27;/h4-8,13-14,29H,11-12H2,1-3H3;3-7,12-13,29H,10-11H2,1-2H3,(H2,23,27);1H3/t23-;22-;/m00./s1. The van der Waals surface area contributed by atoms with E-state index in [9.17, 15) is 29.4 Å². The summed E-state index contributed by atoms with van der Waals surface area (Å²) in [5.41, 5.74) is 6.37. The average Bonchev–Trinajstić information content (AvgIpc) is 4.00. The lowest BCUT2D eigenvalue weighted by atomic mass is 10.0. The summed E-state index contributed by atoms with van der Waals surface area (Å²) in [5, 5.41) is 31.0. The number of nitrogens with two attached hydrogens (primary N) is 1. The molecule has 62 heavy (non-hydrogen) atoms. The van der Waals surface area contributed by atoms with E-state index in [0.29, 0.717) is 68.9 Å². The third kappa shape index (κ3) is 8.36. The number of likely N-dealkylation sites (tertiary alicyclic amines) is 2. The zero-order valence-corrected chi connectivity index (χ0v) is 34.6. The van der Waals surface area contributed by atoms with Gasteiger partial charge in [0.2, 0.25) is 11.2 Å². The molecule has 2 aliphatic rings. The lowest BCUT2D eigenvalue weighted by Crippen LogP contribution is -2.37. The number of carbonyl (C=O) groups excluding carboxylic acids is 4. The van der Waals surface area contributed by atoms with Crippen LogP contribution >= 0.6 is 0 Å². The molecule has 17 nitrogen and oxygen atoms in total. The minimum atomic E-state index is -1.67. The number of hydrogen-bond donors (Lipinski definition) is 4. The van der Waals surface area contributed by atoms with Gasteiger partial charge in [0.25, 0.3) is 17.7 Å². The Labute approximate surface area is 356 Å². The summed E-state index contributed by atoms with van der Waals surface area (Å²) in [6, 6.07) is 24.9. The van der Waals surface area contributed by atoms with Gasteiger partial charge in [-0.25, -0.2) is 14.2 Å². The number of primary amides is 1. The van der Waals surface area contributed by atoms with Gasteiger partial charge in [0.15, 0.2) is 11.4 Å². The molecule has 0 saturated carbocycles. The highest BCUT2D eigenvalue weighted by atomic mass is 16.5. The molecule has 2 aromatic heterocycles. The number of fused-ring (bicyclic) bond motifs is 2. The summed E-state index contributed by atoms with van der Waals surface area (Å²) >= 11 is 0. The first kappa shape index (κ1) is 43.9. The second-order valence-electron chi connectivity index (χ2n) is 14.4. The van der Waals surface area contributed by atoms with Gasteiger partial charge >= 0.3 is 5.97 Å². The molecule has 0 aliphatic carbocycles. The Morgan fingerprint density at radius 2 is 1.11 bits per heavy atom. The van der Waals surface area contributed by atoms with Crippen molar-refractivity contribution in [3.05, 3.63) is 107 Å². The maximum atomic E-state index is 12.3. The number of amides is 3. The summed E-state index contributed by atoms with van der Waals surface area (Å²) in [6.45, 7) is 0.922. The van der Waals surface area contributed by atoms with E-state index in [0.717, 1.165) is 0 Å². The summed E-state index contributed by atoms with van der Waals surface area (Å²) in [5.74, 6) is 10.4. The number of ether oxygens (including phenoxy) is 3. The molecule has 6 aromatic rings. The Morgan fingerprint density at radius 1 is 0.677 bits per heavy atom. The number of nitrogens with zero attached hydrogens (tertiary/aromatic N) is 6. The molecular weight excluding hydrogens is 797 g/mol. The molecule has 0 unspecified atom stereocenters. The zero-order chi connectivity index (χ0) is 43.6. The molecule has 8 rings (SSSR count). The lowest BCUT2D eigenvalue weighted by Gasteiger charge is -2.13. The molecule has 7 N–H and O–H groups in total. The van der Waals surface area contributed by atoms with Crippen molar-refractivity contribution in [2.45, 2.75) is 24.0 Å². The van der Waals surface area contributed by atoms with Crippen LogP contribution in [0.4, 0.5) is 0 Å². The van der Waals surface area contributed by atoms with E-state index in [2.05, 4.69) is 33.9 Å². The van der Waals surface area contributed by atoms with Crippen molar-refractivity contribution in [2.24, 2.45) is 5.73 Å². The highest BCUT2D eigenvalue weighted by Crippen LogP contribution is 2.29. The number of aromatic nitrogens is 4. The van der Waals surface area contributed by atoms with Crippen molar-refractivity contribution >= 4 is 45.5 Å². The molecule has 0 spiro atoms. The van der Waals surface area contributed by atoms with E-state index in [1.54, 1.807) is 104 Å². The Kier molecular flexibility index (Phi) is 12.4. The zero-order valence-electron chi connectivity index (χ0n) is 34.6. The van der Waals surface area contributed by atoms with Crippen LogP contribution in [-0.4, -0.2) is 123 Å². The Morgan fingerprint density at radius 3 is 1.50 bits per heavy atom. The van der Waals surface area contributed by atoms with Crippen LogP contribution in [0.25, 0.3) is 33.2 Å². The first-order valence-corrected chi connectivity index (χ1v) is 18.9. The molecule has 318 valence electrons.